The molecule has 1 unspecified atom stereocenters. The zero-order valence-electron chi connectivity index (χ0n) is 11.4. The third-order valence-corrected chi connectivity index (χ3v) is 4.33. The van der Waals surface area contributed by atoms with Crippen molar-refractivity contribution in [2.45, 2.75) is 38.7 Å². The maximum atomic E-state index is 12.8. The normalized spacial score (nSPS) is 26.4. The summed E-state index contributed by atoms with van der Waals surface area (Å²) in [6.45, 7) is 3.85. The summed E-state index contributed by atoms with van der Waals surface area (Å²) in [7, 11) is 0. The molecule has 1 aromatic rings. The molecule has 1 aliphatic carbocycles. The van der Waals surface area contributed by atoms with Crippen LogP contribution in [-0.2, 0) is 0 Å². The van der Waals surface area contributed by atoms with Crippen LogP contribution in [0.4, 0.5) is 0 Å². The molecular formula is C16H21NO2. The van der Waals surface area contributed by atoms with E-state index < -0.39 is 0 Å². The van der Waals surface area contributed by atoms with E-state index in [0.29, 0.717) is 6.10 Å². The summed E-state index contributed by atoms with van der Waals surface area (Å²) in [5.74, 6) is 1.10. The summed E-state index contributed by atoms with van der Waals surface area (Å²) >= 11 is 0. The molecule has 0 bridgehead atoms. The number of nitrogens with one attached hydrogen (secondary N) is 1. The Morgan fingerprint density at radius 1 is 1.47 bits per heavy atom. The van der Waals surface area contributed by atoms with Crippen molar-refractivity contribution < 1.29 is 9.53 Å². The Kier molecular flexibility index (Phi) is 3.31. The molecule has 1 heterocycles. The summed E-state index contributed by atoms with van der Waals surface area (Å²) in [6, 6.07) is 7.70. The van der Waals surface area contributed by atoms with Crippen LogP contribution in [-0.4, -0.2) is 25.0 Å². The Morgan fingerprint density at radius 2 is 2.32 bits per heavy atom. The minimum Gasteiger partial charge on any atom is -0.490 e. The molecule has 0 radical (unpaired) electrons. The van der Waals surface area contributed by atoms with Crippen LogP contribution in [0.15, 0.2) is 24.3 Å². The molecule has 3 heteroatoms. The fourth-order valence-electron chi connectivity index (χ4n) is 2.80. The second-order valence-electron chi connectivity index (χ2n) is 5.73. The van der Waals surface area contributed by atoms with Gasteiger partial charge in [-0.15, -0.1) is 0 Å². The van der Waals surface area contributed by atoms with Gasteiger partial charge in [-0.25, -0.2) is 0 Å². The van der Waals surface area contributed by atoms with E-state index in [-0.39, 0.29) is 11.2 Å². The Hall–Kier alpha value is -1.35. The highest BCUT2D eigenvalue weighted by Gasteiger charge is 2.39. The smallest absolute Gasteiger partial charge is 0.170 e. The average Bonchev–Trinajstić information content (AvgIpc) is 3.12. The highest BCUT2D eigenvalue weighted by molar-refractivity contribution is 6.01. The van der Waals surface area contributed by atoms with Crippen molar-refractivity contribution in [3.8, 4) is 5.75 Å². The lowest BCUT2D eigenvalue weighted by Crippen LogP contribution is -2.32. The zero-order valence-corrected chi connectivity index (χ0v) is 11.4. The largest absolute Gasteiger partial charge is 0.490 e. The van der Waals surface area contributed by atoms with E-state index >= 15 is 0 Å². The maximum Gasteiger partial charge on any atom is 0.170 e. The van der Waals surface area contributed by atoms with E-state index in [2.05, 4.69) is 12.2 Å². The Morgan fingerprint density at radius 3 is 2.95 bits per heavy atom. The first-order valence-corrected chi connectivity index (χ1v) is 7.26. The number of benzene rings is 1. The maximum absolute atomic E-state index is 12.8. The minimum atomic E-state index is -0.210. The number of Topliss-reactive ketones (excluding diaryl/α,β-unsaturated/α-hetero) is 1. The summed E-state index contributed by atoms with van der Waals surface area (Å²) in [6.07, 6.45) is 4.49. The number of ketones is 1. The molecule has 1 atom stereocenters. The lowest BCUT2D eigenvalue weighted by Gasteiger charge is -2.25. The minimum absolute atomic E-state index is 0.210. The number of ether oxygens (including phenoxy) is 1. The first kappa shape index (κ1) is 12.7. The third kappa shape index (κ3) is 2.52. The van der Waals surface area contributed by atoms with Gasteiger partial charge in [0.25, 0.3) is 0 Å². The Balaban J connectivity index is 1.81. The molecule has 0 amide bonds. The lowest BCUT2D eigenvalue weighted by molar-refractivity contribution is 0.0810. The highest BCUT2D eigenvalue weighted by Crippen LogP contribution is 2.34. The molecule has 0 aromatic heterocycles. The first-order chi connectivity index (χ1) is 9.23. The zero-order chi connectivity index (χ0) is 13.3. The molecule has 1 saturated heterocycles. The van der Waals surface area contributed by atoms with Crippen LogP contribution in [0.1, 0.15) is 43.0 Å². The number of carbonyl (C=O) groups is 1. The molecule has 1 aromatic carbocycles. The molecule has 0 spiro atoms. The van der Waals surface area contributed by atoms with Crippen molar-refractivity contribution in [2.24, 2.45) is 5.41 Å². The molecule has 2 fully saturated rings. The summed E-state index contributed by atoms with van der Waals surface area (Å²) in [5.41, 5.74) is 0.585. The van der Waals surface area contributed by atoms with E-state index in [9.17, 15) is 4.79 Å². The van der Waals surface area contributed by atoms with Crippen LogP contribution in [0.3, 0.4) is 0 Å². The number of hydrogen-bond donors (Lipinski definition) is 1. The van der Waals surface area contributed by atoms with Crippen LogP contribution >= 0.6 is 0 Å². The van der Waals surface area contributed by atoms with Gasteiger partial charge in [-0.05, 0) is 44.4 Å². The van der Waals surface area contributed by atoms with Gasteiger partial charge in [0.05, 0.1) is 6.10 Å². The molecule has 3 nitrogen and oxygen atoms in total. The number of hydrogen-bond acceptors (Lipinski definition) is 3. The molecule has 1 aliphatic heterocycles. The topological polar surface area (TPSA) is 38.3 Å². The van der Waals surface area contributed by atoms with E-state index in [0.717, 1.165) is 50.1 Å². The van der Waals surface area contributed by atoms with Gasteiger partial charge in [-0.2, -0.15) is 0 Å². The van der Waals surface area contributed by atoms with Crippen LogP contribution in [0.25, 0.3) is 0 Å². The van der Waals surface area contributed by atoms with Crippen LogP contribution in [0.2, 0.25) is 0 Å². The Labute approximate surface area is 114 Å². The fourth-order valence-corrected chi connectivity index (χ4v) is 2.80. The third-order valence-electron chi connectivity index (χ3n) is 4.33. The summed E-state index contributed by atoms with van der Waals surface area (Å²) in [4.78, 5) is 12.8. The molecule has 1 saturated carbocycles. The quantitative estimate of drug-likeness (QED) is 0.826. The van der Waals surface area contributed by atoms with Crippen LogP contribution < -0.4 is 10.1 Å². The highest BCUT2D eigenvalue weighted by atomic mass is 16.5. The van der Waals surface area contributed by atoms with Crippen molar-refractivity contribution in [3.05, 3.63) is 29.8 Å². The van der Waals surface area contributed by atoms with Gasteiger partial charge >= 0.3 is 0 Å². The van der Waals surface area contributed by atoms with E-state index in [1.165, 1.54) is 0 Å². The van der Waals surface area contributed by atoms with Crippen LogP contribution in [0, 0.1) is 5.41 Å². The number of carbonyl (C=O) groups excluding carboxylic acids is 1. The Bertz CT molecular complexity index is 473. The first-order valence-electron chi connectivity index (χ1n) is 7.26. The van der Waals surface area contributed by atoms with E-state index in [1.54, 1.807) is 0 Å². The van der Waals surface area contributed by atoms with E-state index in [1.807, 2.05) is 24.3 Å². The summed E-state index contributed by atoms with van der Waals surface area (Å²) in [5, 5.41) is 3.32. The molecule has 19 heavy (non-hydrogen) atoms. The van der Waals surface area contributed by atoms with Crippen molar-refractivity contribution in [2.75, 3.05) is 13.1 Å². The molecule has 2 aliphatic rings. The van der Waals surface area contributed by atoms with Gasteiger partial charge in [0, 0.05) is 17.5 Å². The van der Waals surface area contributed by atoms with Gasteiger partial charge in [0.1, 0.15) is 5.75 Å². The summed E-state index contributed by atoms with van der Waals surface area (Å²) < 4.78 is 5.78. The van der Waals surface area contributed by atoms with Crippen LogP contribution in [0.5, 0.6) is 5.75 Å². The van der Waals surface area contributed by atoms with Gasteiger partial charge in [0.2, 0.25) is 0 Å². The lowest BCUT2D eigenvalue weighted by atomic mass is 9.77. The fraction of sp³-hybridized carbons (Fsp3) is 0.562. The average molecular weight is 259 g/mol. The van der Waals surface area contributed by atoms with Gasteiger partial charge in [0.15, 0.2) is 5.78 Å². The van der Waals surface area contributed by atoms with Gasteiger partial charge in [-0.3, -0.25) is 4.79 Å². The van der Waals surface area contributed by atoms with Crippen molar-refractivity contribution >= 4 is 5.78 Å². The monoisotopic (exact) mass is 259 g/mol. The standard InChI is InChI=1S/C16H21NO2/c1-2-16(8-9-17-11-16)15(18)12-4-3-5-14(10-12)19-13-6-7-13/h3-5,10,13,17H,2,6-9,11H2,1H3. The van der Waals surface area contributed by atoms with E-state index in [4.69, 9.17) is 4.74 Å². The molecular weight excluding hydrogens is 238 g/mol. The van der Waals surface area contributed by atoms with Crippen molar-refractivity contribution in [1.29, 1.82) is 0 Å². The number of rotatable bonds is 5. The molecule has 102 valence electrons. The predicted molar refractivity (Wildman–Crippen MR) is 74.6 cm³/mol. The second kappa shape index (κ2) is 4.97. The van der Waals surface area contributed by atoms with Crippen molar-refractivity contribution in [3.63, 3.8) is 0 Å². The van der Waals surface area contributed by atoms with Crippen molar-refractivity contribution in [1.82, 2.24) is 5.32 Å². The van der Waals surface area contributed by atoms with Gasteiger partial charge in [-0.1, -0.05) is 19.1 Å². The predicted octanol–water partition coefficient (Wildman–Crippen LogP) is 2.80. The second-order valence-corrected chi connectivity index (χ2v) is 5.73. The molecule has 3 rings (SSSR count). The SMILES string of the molecule is CCC1(C(=O)c2cccc(OC3CC3)c2)CCNC1. The molecule has 1 N–H and O–H groups in total. The van der Waals surface area contributed by atoms with Gasteiger partial charge < -0.3 is 10.1 Å².